The Labute approximate surface area is 127 Å². The molecule has 2 aromatic heterocycles. The van der Waals surface area contributed by atoms with Gasteiger partial charge < -0.3 is 10.2 Å². The maximum atomic E-state index is 4.47. The van der Waals surface area contributed by atoms with Crippen LogP contribution in [0.4, 0.5) is 0 Å². The molecule has 110 valence electrons. The minimum absolute atomic E-state index is 0.0570. The van der Waals surface area contributed by atoms with Crippen molar-refractivity contribution in [3.05, 3.63) is 34.3 Å². The standard InChI is InChI=1S/C13H21BrN6/c1-15-12(11-5-6-16-19(11)4)13-10(14)9-17-20(13)8-7-18(2)3/h5-6,9,12,15H,7-8H2,1-4H3. The Kier molecular flexibility index (Phi) is 4.95. The molecule has 6 nitrogen and oxygen atoms in total. The van der Waals surface area contributed by atoms with E-state index in [1.165, 1.54) is 0 Å². The lowest BCUT2D eigenvalue weighted by atomic mass is 10.1. The van der Waals surface area contributed by atoms with Crippen LogP contribution < -0.4 is 5.32 Å². The molecule has 0 saturated carbocycles. The molecule has 0 aromatic carbocycles. The van der Waals surface area contributed by atoms with Crippen molar-refractivity contribution in [1.29, 1.82) is 0 Å². The van der Waals surface area contributed by atoms with Crippen LogP contribution in [0.15, 0.2) is 22.9 Å². The summed E-state index contributed by atoms with van der Waals surface area (Å²) in [4.78, 5) is 2.15. The van der Waals surface area contributed by atoms with Gasteiger partial charge in [0, 0.05) is 19.8 Å². The fourth-order valence-corrected chi connectivity index (χ4v) is 2.75. The van der Waals surface area contributed by atoms with Gasteiger partial charge in [-0.3, -0.25) is 9.36 Å². The van der Waals surface area contributed by atoms with Crippen molar-refractivity contribution >= 4 is 15.9 Å². The van der Waals surface area contributed by atoms with Gasteiger partial charge in [-0.15, -0.1) is 0 Å². The van der Waals surface area contributed by atoms with E-state index in [9.17, 15) is 0 Å². The van der Waals surface area contributed by atoms with E-state index in [2.05, 4.69) is 50.4 Å². The van der Waals surface area contributed by atoms with E-state index in [1.807, 2.05) is 41.9 Å². The number of halogens is 1. The molecule has 0 spiro atoms. The molecule has 7 heteroatoms. The fraction of sp³-hybridized carbons (Fsp3) is 0.538. The Hall–Kier alpha value is -1.18. The van der Waals surface area contributed by atoms with Gasteiger partial charge in [0.15, 0.2) is 0 Å². The van der Waals surface area contributed by atoms with E-state index in [-0.39, 0.29) is 6.04 Å². The van der Waals surface area contributed by atoms with Crippen LogP contribution in [0.1, 0.15) is 17.4 Å². The van der Waals surface area contributed by atoms with Gasteiger partial charge in [0.05, 0.1) is 34.6 Å². The average molecular weight is 341 g/mol. The molecule has 1 N–H and O–H groups in total. The van der Waals surface area contributed by atoms with Crippen molar-refractivity contribution in [2.75, 3.05) is 27.7 Å². The lowest BCUT2D eigenvalue weighted by molar-refractivity contribution is 0.365. The topological polar surface area (TPSA) is 50.9 Å². The normalized spacial score (nSPS) is 13.1. The second kappa shape index (κ2) is 6.51. The summed E-state index contributed by atoms with van der Waals surface area (Å²) in [5.41, 5.74) is 2.23. The van der Waals surface area contributed by atoms with Crippen LogP contribution >= 0.6 is 15.9 Å². The van der Waals surface area contributed by atoms with Crippen LogP contribution in [-0.2, 0) is 13.6 Å². The van der Waals surface area contributed by atoms with Crippen molar-refractivity contribution in [3.63, 3.8) is 0 Å². The number of nitrogens with zero attached hydrogens (tertiary/aromatic N) is 5. The second-order valence-corrected chi connectivity index (χ2v) is 5.86. The number of aromatic nitrogens is 4. The zero-order valence-electron chi connectivity index (χ0n) is 12.3. The monoisotopic (exact) mass is 340 g/mol. The van der Waals surface area contributed by atoms with E-state index in [0.717, 1.165) is 29.0 Å². The molecule has 1 atom stereocenters. The molecule has 0 aliphatic rings. The molecule has 0 bridgehead atoms. The number of hydrogen-bond acceptors (Lipinski definition) is 4. The van der Waals surface area contributed by atoms with Crippen LogP contribution in [0.5, 0.6) is 0 Å². The smallest absolute Gasteiger partial charge is 0.0927 e. The van der Waals surface area contributed by atoms with Gasteiger partial charge >= 0.3 is 0 Å². The molecule has 1 unspecified atom stereocenters. The van der Waals surface area contributed by atoms with Crippen molar-refractivity contribution in [1.82, 2.24) is 29.8 Å². The van der Waals surface area contributed by atoms with Crippen LogP contribution in [0.25, 0.3) is 0 Å². The van der Waals surface area contributed by atoms with Crippen LogP contribution in [0, 0.1) is 0 Å². The first-order valence-electron chi connectivity index (χ1n) is 6.55. The summed E-state index contributed by atoms with van der Waals surface area (Å²) in [6.45, 7) is 1.80. The van der Waals surface area contributed by atoms with Gasteiger partial charge in [-0.25, -0.2) is 0 Å². The van der Waals surface area contributed by atoms with Crippen molar-refractivity contribution < 1.29 is 0 Å². The number of rotatable bonds is 6. The SMILES string of the molecule is CNC(c1ccnn1C)c1c(Br)cnn1CCN(C)C. The van der Waals surface area contributed by atoms with Gasteiger partial charge in [-0.2, -0.15) is 10.2 Å². The predicted molar refractivity (Wildman–Crippen MR) is 82.6 cm³/mol. The van der Waals surface area contributed by atoms with E-state index in [1.54, 1.807) is 0 Å². The van der Waals surface area contributed by atoms with Gasteiger partial charge in [-0.05, 0) is 43.1 Å². The minimum Gasteiger partial charge on any atom is -0.308 e. The maximum Gasteiger partial charge on any atom is 0.0927 e. The van der Waals surface area contributed by atoms with Gasteiger partial charge in [0.1, 0.15) is 0 Å². The summed E-state index contributed by atoms with van der Waals surface area (Å²) in [5, 5.41) is 12.1. The van der Waals surface area contributed by atoms with Crippen LogP contribution in [-0.4, -0.2) is 52.1 Å². The maximum absolute atomic E-state index is 4.47. The first kappa shape index (κ1) is 15.2. The first-order valence-corrected chi connectivity index (χ1v) is 7.35. The van der Waals surface area contributed by atoms with E-state index in [4.69, 9.17) is 0 Å². The second-order valence-electron chi connectivity index (χ2n) is 5.01. The van der Waals surface area contributed by atoms with Gasteiger partial charge in [0.25, 0.3) is 0 Å². The Balaban J connectivity index is 2.34. The molecule has 2 rings (SSSR count). The van der Waals surface area contributed by atoms with Crippen molar-refractivity contribution in [2.45, 2.75) is 12.6 Å². The summed E-state index contributed by atoms with van der Waals surface area (Å²) in [6, 6.07) is 2.08. The zero-order valence-corrected chi connectivity index (χ0v) is 13.9. The molecular weight excluding hydrogens is 320 g/mol. The highest BCUT2D eigenvalue weighted by molar-refractivity contribution is 9.10. The lowest BCUT2D eigenvalue weighted by Gasteiger charge is -2.20. The van der Waals surface area contributed by atoms with Gasteiger partial charge in [-0.1, -0.05) is 0 Å². The third-order valence-electron chi connectivity index (χ3n) is 3.31. The Bertz CT molecular complexity index is 559. The number of nitrogens with one attached hydrogen (secondary N) is 1. The Morgan fingerprint density at radius 1 is 1.40 bits per heavy atom. The average Bonchev–Trinajstić information content (AvgIpc) is 2.97. The summed E-state index contributed by atoms with van der Waals surface area (Å²) >= 11 is 3.61. The van der Waals surface area contributed by atoms with Crippen molar-refractivity contribution in [3.8, 4) is 0 Å². The summed E-state index contributed by atoms with van der Waals surface area (Å²) in [7, 11) is 8.03. The molecule has 0 aliphatic heterocycles. The highest BCUT2D eigenvalue weighted by Crippen LogP contribution is 2.28. The van der Waals surface area contributed by atoms with E-state index >= 15 is 0 Å². The molecular formula is C13H21BrN6. The molecule has 0 aliphatic carbocycles. The molecule has 20 heavy (non-hydrogen) atoms. The number of hydrogen-bond donors (Lipinski definition) is 1. The largest absolute Gasteiger partial charge is 0.308 e. The van der Waals surface area contributed by atoms with E-state index < -0.39 is 0 Å². The molecule has 0 amide bonds. The summed E-state index contributed by atoms with van der Waals surface area (Å²) in [5.74, 6) is 0. The van der Waals surface area contributed by atoms with E-state index in [0.29, 0.717) is 0 Å². The summed E-state index contributed by atoms with van der Waals surface area (Å²) < 4.78 is 4.94. The molecule has 0 saturated heterocycles. The number of aryl methyl sites for hydroxylation is 1. The molecule has 0 fully saturated rings. The third kappa shape index (κ3) is 3.11. The third-order valence-corrected chi connectivity index (χ3v) is 3.92. The minimum atomic E-state index is 0.0570. The first-order chi connectivity index (χ1) is 9.54. The predicted octanol–water partition coefficient (Wildman–Crippen LogP) is 1.25. The Morgan fingerprint density at radius 3 is 2.70 bits per heavy atom. The highest BCUT2D eigenvalue weighted by Gasteiger charge is 2.22. The van der Waals surface area contributed by atoms with Crippen LogP contribution in [0.2, 0.25) is 0 Å². The molecule has 0 radical (unpaired) electrons. The van der Waals surface area contributed by atoms with Gasteiger partial charge in [0.2, 0.25) is 0 Å². The zero-order chi connectivity index (χ0) is 14.7. The quantitative estimate of drug-likeness (QED) is 0.859. The van der Waals surface area contributed by atoms with Crippen molar-refractivity contribution in [2.24, 2.45) is 7.05 Å². The number of likely N-dealkylation sites (N-methyl/N-ethyl adjacent to an activating group) is 1. The fourth-order valence-electron chi connectivity index (χ4n) is 2.22. The Morgan fingerprint density at radius 2 is 2.15 bits per heavy atom. The lowest BCUT2D eigenvalue weighted by Crippen LogP contribution is -2.26. The molecule has 2 aromatic rings. The summed E-state index contributed by atoms with van der Waals surface area (Å²) in [6.07, 6.45) is 3.67. The van der Waals surface area contributed by atoms with Crippen LogP contribution in [0.3, 0.4) is 0 Å². The molecule has 2 heterocycles. The highest BCUT2D eigenvalue weighted by atomic mass is 79.9.